The van der Waals surface area contributed by atoms with E-state index in [0.717, 1.165) is 0 Å². The molecule has 0 bridgehead atoms. The van der Waals surface area contributed by atoms with Gasteiger partial charge in [-0.15, -0.1) is 0 Å². The third kappa shape index (κ3) is 12.0. The minimum atomic E-state index is -1.58. The zero-order chi connectivity index (χ0) is 36.3. The molecular weight excluding hydrogens is 628 g/mol. The van der Waals surface area contributed by atoms with E-state index in [1.54, 1.807) is 41.5 Å². The second-order valence-electron chi connectivity index (χ2n) is 14.1. The van der Waals surface area contributed by atoms with Crippen LogP contribution in [-0.2, 0) is 57.2 Å². The molecule has 47 heavy (non-hydrogen) atoms. The molecule has 4 aliphatic heterocycles. The Labute approximate surface area is 272 Å². The molecule has 4 fully saturated rings. The van der Waals surface area contributed by atoms with E-state index in [0.29, 0.717) is 0 Å². The molecule has 0 unspecified atom stereocenters. The van der Waals surface area contributed by atoms with Crippen LogP contribution < -0.4 is 0 Å². The number of esters is 4. The van der Waals surface area contributed by atoms with Crippen LogP contribution in [0.25, 0.3) is 0 Å². The van der Waals surface area contributed by atoms with Crippen molar-refractivity contribution in [2.24, 2.45) is 17.8 Å². The van der Waals surface area contributed by atoms with Gasteiger partial charge in [0.2, 0.25) is 5.92 Å². The summed E-state index contributed by atoms with van der Waals surface area (Å²) in [5, 5.41) is 8.59. The van der Waals surface area contributed by atoms with Crippen molar-refractivity contribution in [2.45, 2.75) is 98.4 Å². The number of ether oxygens (including phenoxy) is 6. The normalized spacial score (nSPS) is 21.0. The number of hydrogen-bond acceptors (Lipinski definition) is 14. The molecule has 4 saturated heterocycles. The van der Waals surface area contributed by atoms with Gasteiger partial charge in [-0.3, -0.25) is 28.8 Å². The first-order valence-electron chi connectivity index (χ1n) is 14.8. The molecule has 17 heteroatoms. The van der Waals surface area contributed by atoms with E-state index >= 15 is 0 Å². The summed E-state index contributed by atoms with van der Waals surface area (Å²) in [6.45, 7) is 17.1. The Morgan fingerprint density at radius 2 is 1.00 bits per heavy atom. The van der Waals surface area contributed by atoms with Crippen LogP contribution in [0, 0.1) is 17.8 Å². The lowest BCUT2D eigenvalue weighted by Crippen LogP contribution is -2.58. The maximum absolute atomic E-state index is 12.3. The zero-order valence-corrected chi connectivity index (χ0v) is 28.3. The first kappa shape index (κ1) is 38.7. The van der Waals surface area contributed by atoms with Crippen LogP contribution in [0.2, 0.25) is 0 Å². The first-order chi connectivity index (χ1) is 21.2. The van der Waals surface area contributed by atoms with Crippen LogP contribution in [0.5, 0.6) is 0 Å². The summed E-state index contributed by atoms with van der Waals surface area (Å²) in [5.74, 6) is -9.37. The van der Waals surface area contributed by atoms with Crippen molar-refractivity contribution >= 4 is 47.8 Å². The van der Waals surface area contributed by atoms with E-state index in [1.165, 1.54) is 37.5 Å². The smallest absolute Gasteiger partial charge is 0.410 e. The van der Waals surface area contributed by atoms with Gasteiger partial charge in [-0.2, -0.15) is 0 Å². The number of hydrogen-bond donors (Lipinski definition) is 1. The molecular formula is C30H44N2O15. The summed E-state index contributed by atoms with van der Waals surface area (Å²) in [5.41, 5.74) is -1.15. The highest BCUT2D eigenvalue weighted by Gasteiger charge is 2.51. The Kier molecular flexibility index (Phi) is 11.6. The predicted octanol–water partition coefficient (Wildman–Crippen LogP) is 2.03. The minimum absolute atomic E-state index is 0.105. The van der Waals surface area contributed by atoms with Crippen molar-refractivity contribution in [3.05, 3.63) is 0 Å². The summed E-state index contributed by atoms with van der Waals surface area (Å²) in [6, 6.07) is 0. The molecule has 4 aliphatic rings. The molecule has 2 amide bonds. The van der Waals surface area contributed by atoms with Crippen LogP contribution in [0.3, 0.4) is 0 Å². The highest BCUT2D eigenvalue weighted by atomic mass is 16.8. The summed E-state index contributed by atoms with van der Waals surface area (Å²) < 4.78 is 29.4. The monoisotopic (exact) mass is 672 g/mol. The average Bonchev–Trinajstić information content (AvgIpc) is 2.71. The fraction of sp³-hybridized carbons (Fsp3) is 0.733. The SMILES string of the molecule is CC(C)(C)OC(=O)N1CC(C(=O)C2C(=O)OC(C)(C)OC2=O)C1.CC(C)(C)OC(=O)N1CC(C(=O)O)C1.CC1(C)OC(=O)CC(=O)O1. The molecule has 1 N–H and O–H groups in total. The van der Waals surface area contributed by atoms with Crippen molar-refractivity contribution in [1.29, 1.82) is 0 Å². The fourth-order valence-corrected chi connectivity index (χ4v) is 4.19. The van der Waals surface area contributed by atoms with Crippen molar-refractivity contribution < 1.29 is 71.9 Å². The van der Waals surface area contributed by atoms with Gasteiger partial charge in [-0.05, 0) is 41.5 Å². The number of ketones is 1. The Balaban J connectivity index is 0.000000271. The Morgan fingerprint density at radius 1 is 0.660 bits per heavy atom. The van der Waals surface area contributed by atoms with Crippen LogP contribution in [0.15, 0.2) is 0 Å². The van der Waals surface area contributed by atoms with Gasteiger partial charge in [0.15, 0.2) is 5.78 Å². The van der Waals surface area contributed by atoms with E-state index < -0.39 is 88.3 Å². The first-order valence-corrected chi connectivity index (χ1v) is 14.8. The number of rotatable bonds is 3. The summed E-state index contributed by atoms with van der Waals surface area (Å²) in [6.07, 6.45) is -1.24. The minimum Gasteiger partial charge on any atom is -0.481 e. The Hall–Kier alpha value is -4.44. The summed E-state index contributed by atoms with van der Waals surface area (Å²) >= 11 is 0. The second kappa shape index (κ2) is 14.1. The highest BCUT2D eigenvalue weighted by molar-refractivity contribution is 6.17. The topological polar surface area (TPSA) is 219 Å². The lowest BCUT2D eigenvalue weighted by Gasteiger charge is -2.40. The number of aliphatic carboxylic acids is 1. The number of carboxylic acids is 1. The number of likely N-dealkylation sites (tertiary alicyclic amines) is 2. The van der Waals surface area contributed by atoms with E-state index in [1.807, 2.05) is 0 Å². The number of amides is 2. The van der Waals surface area contributed by atoms with Crippen molar-refractivity contribution in [2.75, 3.05) is 26.2 Å². The van der Waals surface area contributed by atoms with E-state index in [9.17, 15) is 38.4 Å². The van der Waals surface area contributed by atoms with E-state index in [2.05, 4.69) is 9.47 Å². The number of nitrogens with zero attached hydrogens (tertiary/aromatic N) is 2. The predicted molar refractivity (Wildman–Crippen MR) is 156 cm³/mol. The van der Waals surface area contributed by atoms with Crippen LogP contribution in [-0.4, -0.2) is 112 Å². The molecule has 0 atom stereocenters. The van der Waals surface area contributed by atoms with Crippen molar-refractivity contribution in [3.63, 3.8) is 0 Å². The molecule has 0 aromatic rings. The molecule has 0 saturated carbocycles. The van der Waals surface area contributed by atoms with Crippen LogP contribution in [0.1, 0.15) is 75.7 Å². The maximum atomic E-state index is 12.3. The quantitative estimate of drug-likeness (QED) is 0.258. The molecule has 4 rings (SSSR count). The van der Waals surface area contributed by atoms with Crippen molar-refractivity contribution in [1.82, 2.24) is 9.80 Å². The van der Waals surface area contributed by atoms with Gasteiger partial charge >= 0.3 is 42.0 Å². The number of carbonyl (C=O) groups excluding carboxylic acids is 7. The Morgan fingerprint density at radius 3 is 1.32 bits per heavy atom. The number of Topliss-reactive ketones (excluding diaryl/α,β-unsaturated/α-hetero) is 1. The number of carboxylic acid groups (broad SMARTS) is 1. The Bertz CT molecular complexity index is 1240. The molecule has 0 aliphatic carbocycles. The standard InChI is InChI=1S/C15H21NO7.C9H15NO4.C6H8O4/c1-14(2,3)23-13(20)16-6-8(7-16)10(17)9-11(18)21-15(4,5)22-12(9)19;1-9(2,3)14-8(13)10-4-6(5-10)7(11)12;1-6(2)9-4(7)3-5(8)10-6/h8-9H,6-7H2,1-5H3;6H,4-5H2,1-3H3,(H,11,12);3H2,1-2H3. The van der Waals surface area contributed by atoms with Gasteiger partial charge in [0.25, 0.3) is 11.6 Å². The highest BCUT2D eigenvalue weighted by Crippen LogP contribution is 2.29. The summed E-state index contributed by atoms with van der Waals surface area (Å²) in [4.78, 5) is 93.5. The van der Waals surface area contributed by atoms with Gasteiger partial charge in [-0.1, -0.05) is 0 Å². The fourth-order valence-electron chi connectivity index (χ4n) is 4.19. The molecule has 0 aromatic heterocycles. The largest absolute Gasteiger partial charge is 0.481 e. The molecule has 4 heterocycles. The number of carbonyl (C=O) groups is 8. The third-order valence-electron chi connectivity index (χ3n) is 6.27. The van der Waals surface area contributed by atoms with Gasteiger partial charge in [0, 0.05) is 53.9 Å². The van der Waals surface area contributed by atoms with Crippen LogP contribution in [0.4, 0.5) is 9.59 Å². The van der Waals surface area contributed by atoms with Gasteiger partial charge in [-0.25, -0.2) is 9.59 Å². The van der Waals surface area contributed by atoms with Crippen molar-refractivity contribution in [3.8, 4) is 0 Å². The molecule has 0 spiro atoms. The second-order valence-corrected chi connectivity index (χ2v) is 14.1. The van der Waals surface area contributed by atoms with E-state index in [-0.39, 0.29) is 32.6 Å². The molecule has 17 nitrogen and oxygen atoms in total. The molecule has 0 radical (unpaired) electrons. The molecule has 0 aromatic carbocycles. The van der Waals surface area contributed by atoms with Crippen LogP contribution >= 0.6 is 0 Å². The third-order valence-corrected chi connectivity index (χ3v) is 6.27. The average molecular weight is 673 g/mol. The lowest BCUT2D eigenvalue weighted by molar-refractivity contribution is -0.239. The maximum Gasteiger partial charge on any atom is 0.410 e. The van der Waals surface area contributed by atoms with Gasteiger partial charge in [0.1, 0.15) is 17.6 Å². The molecule has 264 valence electrons. The van der Waals surface area contributed by atoms with Gasteiger partial charge < -0.3 is 43.3 Å². The number of cyclic esters (lactones) is 4. The van der Waals surface area contributed by atoms with E-state index in [4.69, 9.17) is 24.1 Å². The van der Waals surface area contributed by atoms with Gasteiger partial charge in [0.05, 0.1) is 11.8 Å². The lowest BCUT2D eigenvalue weighted by atomic mass is 9.87. The zero-order valence-electron chi connectivity index (χ0n) is 28.3. The summed E-state index contributed by atoms with van der Waals surface area (Å²) in [7, 11) is 0.